The average molecular weight is 332 g/mol. The van der Waals surface area contributed by atoms with Gasteiger partial charge in [0.05, 0.1) is 11.9 Å². The van der Waals surface area contributed by atoms with Crippen LogP contribution < -0.4 is 0 Å². The third kappa shape index (κ3) is 2.18. The van der Waals surface area contributed by atoms with Crippen molar-refractivity contribution in [3.63, 3.8) is 0 Å². The van der Waals surface area contributed by atoms with Crippen LogP contribution in [0, 0.1) is 6.92 Å². The Bertz CT molecular complexity index is 826. The van der Waals surface area contributed by atoms with Crippen LogP contribution in [-0.4, -0.2) is 25.7 Å². The number of imidazole rings is 1. The summed E-state index contributed by atoms with van der Waals surface area (Å²) in [5, 5.41) is 13.4. The average Bonchev–Trinajstić information content (AvgIpc) is 2.84. The number of hydrogen-bond acceptors (Lipinski definition) is 3. The third-order valence-electron chi connectivity index (χ3n) is 3.01. The minimum atomic E-state index is -1.06. The van der Waals surface area contributed by atoms with Gasteiger partial charge in [0.2, 0.25) is 0 Å². The zero-order chi connectivity index (χ0) is 14.3. The number of carboxylic acid groups (broad SMARTS) is 1. The van der Waals surface area contributed by atoms with Gasteiger partial charge in [-0.25, -0.2) is 14.3 Å². The molecule has 100 valence electrons. The number of hydrogen-bond donors (Lipinski definition) is 1. The van der Waals surface area contributed by atoms with Crippen LogP contribution in [0.5, 0.6) is 0 Å². The summed E-state index contributed by atoms with van der Waals surface area (Å²) < 4.78 is 2.45. The van der Waals surface area contributed by atoms with E-state index in [1.807, 2.05) is 31.2 Å². The summed E-state index contributed by atoms with van der Waals surface area (Å²) in [4.78, 5) is 14.9. The Labute approximate surface area is 123 Å². The van der Waals surface area contributed by atoms with E-state index in [0.29, 0.717) is 5.65 Å². The van der Waals surface area contributed by atoms with Crippen molar-refractivity contribution < 1.29 is 9.90 Å². The second-order valence-electron chi connectivity index (χ2n) is 4.41. The van der Waals surface area contributed by atoms with Crippen molar-refractivity contribution in [2.45, 2.75) is 6.92 Å². The Kier molecular flexibility index (Phi) is 3.02. The lowest BCUT2D eigenvalue weighted by Crippen LogP contribution is -1.95. The second-order valence-corrected chi connectivity index (χ2v) is 5.33. The smallest absolute Gasteiger partial charge is 0.356 e. The van der Waals surface area contributed by atoms with Crippen molar-refractivity contribution >= 4 is 27.5 Å². The molecule has 0 saturated heterocycles. The molecule has 0 spiro atoms. The van der Waals surface area contributed by atoms with Gasteiger partial charge in [-0.2, -0.15) is 5.10 Å². The lowest BCUT2D eigenvalue weighted by Gasteiger charge is -2.06. The number of nitrogens with zero attached hydrogens (tertiary/aromatic N) is 3. The maximum Gasteiger partial charge on any atom is 0.356 e. The van der Waals surface area contributed by atoms with E-state index < -0.39 is 5.97 Å². The Balaban J connectivity index is 2.17. The van der Waals surface area contributed by atoms with Gasteiger partial charge in [0.25, 0.3) is 0 Å². The number of halogens is 1. The molecule has 3 rings (SSSR count). The first-order chi connectivity index (χ1) is 9.54. The number of carbonyl (C=O) groups is 1. The predicted octanol–water partition coefficient (Wildman–Crippen LogP) is 3.17. The van der Waals surface area contributed by atoms with Gasteiger partial charge < -0.3 is 5.11 Å². The largest absolute Gasteiger partial charge is 0.476 e. The molecule has 0 bridgehead atoms. The third-order valence-corrected chi connectivity index (χ3v) is 3.51. The quantitative estimate of drug-likeness (QED) is 0.783. The highest BCUT2D eigenvalue weighted by atomic mass is 79.9. The van der Waals surface area contributed by atoms with Crippen LogP contribution in [0.1, 0.15) is 16.1 Å². The summed E-state index contributed by atoms with van der Waals surface area (Å²) in [5.74, 6) is -1.06. The molecule has 3 aromatic rings. The minimum absolute atomic E-state index is 0.0133. The highest BCUT2D eigenvalue weighted by Gasteiger charge is 2.11. The SMILES string of the molecule is Cc1ccc(Br)cc1-c1ccc2nc(C(=O)O)cn2n1. The monoisotopic (exact) mass is 331 g/mol. The fourth-order valence-electron chi connectivity index (χ4n) is 2.00. The number of carboxylic acids is 1. The molecule has 1 aromatic carbocycles. The van der Waals surface area contributed by atoms with Gasteiger partial charge >= 0.3 is 5.97 Å². The molecule has 2 heterocycles. The Morgan fingerprint density at radius 3 is 2.85 bits per heavy atom. The minimum Gasteiger partial charge on any atom is -0.476 e. The van der Waals surface area contributed by atoms with Gasteiger partial charge in [-0.3, -0.25) is 0 Å². The standard InChI is InChI=1S/C14H10BrN3O2/c1-8-2-3-9(15)6-10(8)11-4-5-13-16-12(14(19)20)7-18(13)17-11/h2-7H,1H3,(H,19,20). The Morgan fingerprint density at radius 1 is 1.30 bits per heavy atom. The zero-order valence-corrected chi connectivity index (χ0v) is 12.1. The summed E-state index contributed by atoms with van der Waals surface area (Å²) >= 11 is 3.44. The fourth-order valence-corrected chi connectivity index (χ4v) is 2.36. The molecular weight excluding hydrogens is 322 g/mol. The van der Waals surface area contributed by atoms with Gasteiger partial charge in [0.15, 0.2) is 11.3 Å². The zero-order valence-electron chi connectivity index (χ0n) is 10.5. The molecule has 0 aliphatic rings. The molecule has 0 atom stereocenters. The summed E-state index contributed by atoms with van der Waals surface area (Å²) in [5.41, 5.74) is 3.36. The molecule has 0 saturated carbocycles. The molecule has 0 aliphatic carbocycles. The van der Waals surface area contributed by atoms with E-state index in [-0.39, 0.29) is 5.69 Å². The number of fused-ring (bicyclic) bond motifs is 1. The van der Waals surface area contributed by atoms with E-state index in [1.54, 1.807) is 6.07 Å². The fraction of sp³-hybridized carbons (Fsp3) is 0.0714. The van der Waals surface area contributed by atoms with Crippen LogP contribution in [0.25, 0.3) is 16.9 Å². The lowest BCUT2D eigenvalue weighted by molar-refractivity contribution is 0.0691. The second kappa shape index (κ2) is 4.72. The van der Waals surface area contributed by atoms with E-state index in [0.717, 1.165) is 21.3 Å². The first-order valence-electron chi connectivity index (χ1n) is 5.91. The molecule has 20 heavy (non-hydrogen) atoms. The predicted molar refractivity (Wildman–Crippen MR) is 77.8 cm³/mol. The number of benzene rings is 1. The maximum atomic E-state index is 10.9. The van der Waals surface area contributed by atoms with Crippen molar-refractivity contribution in [2.24, 2.45) is 0 Å². The van der Waals surface area contributed by atoms with Crippen LogP contribution in [0.2, 0.25) is 0 Å². The summed E-state index contributed by atoms with van der Waals surface area (Å²) in [6.45, 7) is 2.00. The van der Waals surface area contributed by atoms with Crippen molar-refractivity contribution in [2.75, 3.05) is 0 Å². The van der Waals surface area contributed by atoms with Crippen LogP contribution >= 0.6 is 15.9 Å². The van der Waals surface area contributed by atoms with Crippen LogP contribution in [0.15, 0.2) is 41.0 Å². The normalized spacial score (nSPS) is 10.9. The van der Waals surface area contributed by atoms with E-state index in [4.69, 9.17) is 5.11 Å². The number of aromatic carboxylic acids is 1. The maximum absolute atomic E-state index is 10.9. The molecule has 0 radical (unpaired) electrons. The van der Waals surface area contributed by atoms with E-state index in [1.165, 1.54) is 10.7 Å². The highest BCUT2D eigenvalue weighted by Crippen LogP contribution is 2.25. The molecular formula is C14H10BrN3O2. The van der Waals surface area contributed by atoms with E-state index in [2.05, 4.69) is 26.0 Å². The molecule has 0 fully saturated rings. The molecule has 0 unspecified atom stereocenters. The summed E-state index contributed by atoms with van der Waals surface area (Å²) in [7, 11) is 0. The molecule has 1 N–H and O–H groups in total. The van der Waals surface area contributed by atoms with Gasteiger partial charge in [0.1, 0.15) is 0 Å². The van der Waals surface area contributed by atoms with Crippen LogP contribution in [0.4, 0.5) is 0 Å². The van der Waals surface area contributed by atoms with Gasteiger partial charge in [-0.05, 0) is 36.8 Å². The van der Waals surface area contributed by atoms with Gasteiger partial charge in [-0.1, -0.05) is 22.0 Å². The summed E-state index contributed by atoms with van der Waals surface area (Å²) in [6, 6.07) is 9.55. The lowest BCUT2D eigenvalue weighted by atomic mass is 10.1. The highest BCUT2D eigenvalue weighted by molar-refractivity contribution is 9.10. The Hall–Kier alpha value is -2.21. The van der Waals surface area contributed by atoms with Gasteiger partial charge in [0, 0.05) is 10.0 Å². The van der Waals surface area contributed by atoms with Crippen molar-refractivity contribution in [1.29, 1.82) is 0 Å². The molecule has 2 aromatic heterocycles. The summed E-state index contributed by atoms with van der Waals surface area (Å²) in [6.07, 6.45) is 1.41. The van der Waals surface area contributed by atoms with Crippen molar-refractivity contribution in [3.05, 3.63) is 52.3 Å². The first-order valence-corrected chi connectivity index (χ1v) is 6.70. The van der Waals surface area contributed by atoms with Crippen LogP contribution in [0.3, 0.4) is 0 Å². The molecule has 5 nitrogen and oxygen atoms in total. The van der Waals surface area contributed by atoms with Crippen LogP contribution in [-0.2, 0) is 0 Å². The topological polar surface area (TPSA) is 67.5 Å². The van der Waals surface area contributed by atoms with Crippen molar-refractivity contribution in [3.8, 4) is 11.3 Å². The number of aromatic nitrogens is 3. The Morgan fingerprint density at radius 2 is 2.10 bits per heavy atom. The molecule has 6 heteroatoms. The number of aryl methyl sites for hydroxylation is 1. The molecule has 0 amide bonds. The first kappa shape index (κ1) is 12.8. The van der Waals surface area contributed by atoms with Gasteiger partial charge in [-0.15, -0.1) is 0 Å². The van der Waals surface area contributed by atoms with E-state index in [9.17, 15) is 4.79 Å². The number of rotatable bonds is 2. The van der Waals surface area contributed by atoms with Crippen molar-refractivity contribution in [1.82, 2.24) is 14.6 Å². The van der Waals surface area contributed by atoms with E-state index >= 15 is 0 Å². The molecule has 0 aliphatic heterocycles.